The van der Waals surface area contributed by atoms with Crippen LogP contribution in [0.15, 0.2) is 93.4 Å². The van der Waals surface area contributed by atoms with Crippen LogP contribution in [0.5, 0.6) is 0 Å². The van der Waals surface area contributed by atoms with Crippen LogP contribution in [0.4, 0.5) is 0 Å². The first-order valence-electron chi connectivity index (χ1n) is 9.69. The molecule has 1 N–H and O–H groups in total. The summed E-state index contributed by atoms with van der Waals surface area (Å²) >= 11 is 0. The first-order valence-corrected chi connectivity index (χ1v) is 9.69. The summed E-state index contributed by atoms with van der Waals surface area (Å²) in [6.07, 6.45) is 2.82. The minimum absolute atomic E-state index is 0.0862. The predicted octanol–water partition coefficient (Wildman–Crippen LogP) is 3.19. The van der Waals surface area contributed by atoms with Crippen LogP contribution < -0.4 is 11.0 Å². The SMILES string of the molecule is N#Cc1c(-c2ccccc2)c(-c2ccccc2)nn(CC(=O)NN=Cc2ccco2)c1=O. The van der Waals surface area contributed by atoms with E-state index in [1.807, 2.05) is 66.7 Å². The summed E-state index contributed by atoms with van der Waals surface area (Å²) in [4.78, 5) is 25.4. The highest BCUT2D eigenvalue weighted by Crippen LogP contribution is 2.31. The first kappa shape index (κ1) is 20.5. The number of rotatable bonds is 6. The number of nitriles is 1. The number of furan rings is 1. The molecule has 32 heavy (non-hydrogen) atoms. The van der Waals surface area contributed by atoms with Crippen LogP contribution in [0.25, 0.3) is 22.4 Å². The van der Waals surface area contributed by atoms with E-state index in [9.17, 15) is 14.9 Å². The normalized spacial score (nSPS) is 10.7. The summed E-state index contributed by atoms with van der Waals surface area (Å²) < 4.78 is 6.08. The Bertz CT molecular complexity index is 1350. The van der Waals surface area contributed by atoms with Gasteiger partial charge in [0.05, 0.1) is 12.5 Å². The molecule has 2 aromatic heterocycles. The molecule has 1 amide bonds. The fourth-order valence-corrected chi connectivity index (χ4v) is 3.17. The lowest BCUT2D eigenvalue weighted by atomic mass is 9.96. The zero-order valence-corrected chi connectivity index (χ0v) is 16.8. The third-order valence-corrected chi connectivity index (χ3v) is 4.59. The maximum absolute atomic E-state index is 13.0. The van der Waals surface area contributed by atoms with E-state index in [0.717, 1.165) is 4.68 Å². The number of amides is 1. The number of hydrazone groups is 1. The van der Waals surface area contributed by atoms with Crippen LogP contribution in [-0.2, 0) is 11.3 Å². The molecule has 0 saturated carbocycles. The highest BCUT2D eigenvalue weighted by Gasteiger charge is 2.21. The summed E-state index contributed by atoms with van der Waals surface area (Å²) in [7, 11) is 0. The zero-order valence-electron chi connectivity index (χ0n) is 16.8. The van der Waals surface area contributed by atoms with Gasteiger partial charge in [0.2, 0.25) is 0 Å². The Labute approximate surface area is 183 Å². The van der Waals surface area contributed by atoms with Crippen molar-refractivity contribution in [2.24, 2.45) is 5.10 Å². The van der Waals surface area contributed by atoms with E-state index in [4.69, 9.17) is 4.42 Å². The number of benzene rings is 2. The van der Waals surface area contributed by atoms with Crippen molar-refractivity contribution in [2.75, 3.05) is 0 Å². The minimum Gasteiger partial charge on any atom is -0.463 e. The van der Waals surface area contributed by atoms with Crippen molar-refractivity contribution in [1.82, 2.24) is 15.2 Å². The fourth-order valence-electron chi connectivity index (χ4n) is 3.17. The van der Waals surface area contributed by atoms with Crippen molar-refractivity contribution < 1.29 is 9.21 Å². The number of aromatic nitrogens is 2. The van der Waals surface area contributed by atoms with Gasteiger partial charge in [0.15, 0.2) is 0 Å². The van der Waals surface area contributed by atoms with Crippen LogP contribution >= 0.6 is 0 Å². The van der Waals surface area contributed by atoms with Crippen LogP contribution in [0.3, 0.4) is 0 Å². The van der Waals surface area contributed by atoms with Crippen LogP contribution in [0.1, 0.15) is 11.3 Å². The van der Waals surface area contributed by atoms with E-state index in [1.165, 1.54) is 12.5 Å². The van der Waals surface area contributed by atoms with Crippen molar-refractivity contribution in [3.05, 3.63) is 101 Å². The van der Waals surface area contributed by atoms with Crippen molar-refractivity contribution in [1.29, 1.82) is 5.26 Å². The molecule has 0 aliphatic carbocycles. The molecule has 0 spiro atoms. The Balaban J connectivity index is 1.75. The lowest BCUT2D eigenvalue weighted by Crippen LogP contribution is -2.33. The maximum Gasteiger partial charge on any atom is 0.285 e. The molecule has 4 rings (SSSR count). The van der Waals surface area contributed by atoms with Gasteiger partial charge in [0, 0.05) is 11.1 Å². The molecule has 0 aliphatic rings. The van der Waals surface area contributed by atoms with Gasteiger partial charge in [0.25, 0.3) is 11.5 Å². The van der Waals surface area contributed by atoms with E-state index < -0.39 is 18.0 Å². The van der Waals surface area contributed by atoms with Gasteiger partial charge < -0.3 is 4.42 Å². The van der Waals surface area contributed by atoms with Gasteiger partial charge in [-0.05, 0) is 17.7 Å². The van der Waals surface area contributed by atoms with Gasteiger partial charge in [-0.25, -0.2) is 10.1 Å². The Morgan fingerprint density at radius 3 is 2.38 bits per heavy atom. The van der Waals surface area contributed by atoms with Gasteiger partial charge in [-0.1, -0.05) is 60.7 Å². The van der Waals surface area contributed by atoms with Crippen molar-refractivity contribution in [3.63, 3.8) is 0 Å². The topological polar surface area (TPSA) is 113 Å². The molecule has 8 heteroatoms. The van der Waals surface area contributed by atoms with Crippen LogP contribution in [-0.4, -0.2) is 21.9 Å². The number of hydrogen-bond acceptors (Lipinski definition) is 6. The zero-order chi connectivity index (χ0) is 22.3. The Morgan fingerprint density at radius 1 is 1.06 bits per heavy atom. The Kier molecular flexibility index (Phi) is 6.00. The predicted molar refractivity (Wildman–Crippen MR) is 119 cm³/mol. The molecule has 4 aromatic rings. The Morgan fingerprint density at radius 2 is 1.75 bits per heavy atom. The lowest BCUT2D eigenvalue weighted by Gasteiger charge is -2.14. The average molecular weight is 423 g/mol. The molecule has 0 unspecified atom stereocenters. The summed E-state index contributed by atoms with van der Waals surface area (Å²) in [5.41, 5.74) is 3.85. The van der Waals surface area contributed by atoms with Crippen molar-refractivity contribution >= 4 is 12.1 Å². The lowest BCUT2D eigenvalue weighted by molar-refractivity contribution is -0.121. The van der Waals surface area contributed by atoms with Gasteiger partial charge in [-0.3, -0.25) is 9.59 Å². The van der Waals surface area contributed by atoms with Crippen molar-refractivity contribution in [2.45, 2.75) is 6.54 Å². The summed E-state index contributed by atoms with van der Waals surface area (Å²) in [6.45, 7) is -0.405. The monoisotopic (exact) mass is 423 g/mol. The smallest absolute Gasteiger partial charge is 0.285 e. The average Bonchev–Trinajstić information content (AvgIpc) is 3.34. The standard InChI is InChI=1S/C24H17N5O3/c25-14-20-22(17-8-3-1-4-9-17)23(18-10-5-2-6-11-18)28-29(24(20)31)16-21(30)27-26-15-19-12-7-13-32-19/h1-13,15H,16H2,(H,27,30). The molecule has 2 aromatic carbocycles. The fraction of sp³-hybridized carbons (Fsp3) is 0.0417. The van der Waals surface area contributed by atoms with E-state index in [2.05, 4.69) is 15.6 Å². The second kappa shape index (κ2) is 9.36. The van der Waals surface area contributed by atoms with Gasteiger partial charge in [-0.15, -0.1) is 0 Å². The van der Waals surface area contributed by atoms with E-state index in [1.54, 1.807) is 12.1 Å². The highest BCUT2D eigenvalue weighted by atomic mass is 16.3. The molecule has 0 fully saturated rings. The Hall–Kier alpha value is -4.77. The van der Waals surface area contributed by atoms with E-state index in [0.29, 0.717) is 28.1 Å². The third-order valence-electron chi connectivity index (χ3n) is 4.59. The number of nitrogens with one attached hydrogen (secondary N) is 1. The van der Waals surface area contributed by atoms with Gasteiger partial charge in [0.1, 0.15) is 29.6 Å². The molecule has 0 aliphatic heterocycles. The largest absolute Gasteiger partial charge is 0.463 e. The number of nitrogens with zero attached hydrogens (tertiary/aromatic N) is 4. The van der Waals surface area contributed by atoms with Gasteiger partial charge >= 0.3 is 0 Å². The minimum atomic E-state index is -0.656. The number of carbonyl (C=O) groups is 1. The van der Waals surface area contributed by atoms with Crippen LogP contribution in [0.2, 0.25) is 0 Å². The number of carbonyl (C=O) groups excluding carboxylic acids is 1. The molecule has 8 nitrogen and oxygen atoms in total. The maximum atomic E-state index is 13.0. The molecule has 156 valence electrons. The quantitative estimate of drug-likeness (QED) is 0.378. The van der Waals surface area contributed by atoms with Crippen LogP contribution in [0, 0.1) is 11.3 Å². The number of hydrogen-bond donors (Lipinski definition) is 1. The molecule has 0 radical (unpaired) electrons. The first-order chi connectivity index (χ1) is 15.7. The summed E-state index contributed by atoms with van der Waals surface area (Å²) in [5, 5.41) is 18.1. The second-order valence-electron chi connectivity index (χ2n) is 6.71. The summed E-state index contributed by atoms with van der Waals surface area (Å²) in [5.74, 6) is -0.108. The van der Waals surface area contributed by atoms with Gasteiger partial charge in [-0.2, -0.15) is 15.5 Å². The molecule has 2 heterocycles. The molecule has 0 saturated heterocycles. The second-order valence-corrected chi connectivity index (χ2v) is 6.71. The molecule has 0 atom stereocenters. The molecular formula is C24H17N5O3. The van der Waals surface area contributed by atoms with E-state index in [-0.39, 0.29) is 5.56 Å². The molecule has 0 bridgehead atoms. The third kappa shape index (κ3) is 4.37. The van der Waals surface area contributed by atoms with Crippen molar-refractivity contribution in [3.8, 4) is 28.5 Å². The molecular weight excluding hydrogens is 406 g/mol. The summed E-state index contributed by atoms with van der Waals surface area (Å²) in [6, 6.07) is 23.7. The highest BCUT2D eigenvalue weighted by molar-refractivity contribution is 5.85. The van der Waals surface area contributed by atoms with E-state index >= 15 is 0 Å².